The monoisotopic (exact) mass is 389 g/mol. The van der Waals surface area contributed by atoms with Gasteiger partial charge in [-0.25, -0.2) is 4.98 Å². The molecule has 1 fully saturated rings. The summed E-state index contributed by atoms with van der Waals surface area (Å²) in [5.41, 5.74) is 5.09. The Balaban J connectivity index is 1.32. The number of nitrogens with one attached hydrogen (secondary N) is 1. The van der Waals surface area contributed by atoms with E-state index in [-0.39, 0.29) is 0 Å². The lowest BCUT2D eigenvalue weighted by Crippen LogP contribution is -2.44. The van der Waals surface area contributed by atoms with Crippen molar-refractivity contribution in [2.24, 2.45) is 0 Å². The summed E-state index contributed by atoms with van der Waals surface area (Å²) in [6.45, 7) is 9.61. The zero-order valence-corrected chi connectivity index (χ0v) is 17.7. The van der Waals surface area contributed by atoms with Crippen LogP contribution in [0.25, 0.3) is 5.69 Å². The Morgan fingerprint density at radius 1 is 0.931 bits per heavy atom. The molecule has 1 saturated heterocycles. The molecule has 1 aromatic heterocycles. The number of anilines is 1. The van der Waals surface area contributed by atoms with Crippen LogP contribution in [-0.2, 0) is 6.54 Å². The van der Waals surface area contributed by atoms with Gasteiger partial charge in [0.1, 0.15) is 5.82 Å². The van der Waals surface area contributed by atoms with Gasteiger partial charge in [0.15, 0.2) is 0 Å². The van der Waals surface area contributed by atoms with E-state index in [0.29, 0.717) is 6.04 Å². The normalized spacial score (nSPS) is 16.2. The van der Waals surface area contributed by atoms with Crippen molar-refractivity contribution >= 4 is 5.69 Å². The van der Waals surface area contributed by atoms with Crippen LogP contribution in [-0.4, -0.2) is 47.7 Å². The third kappa shape index (κ3) is 4.69. The van der Waals surface area contributed by atoms with Crippen LogP contribution in [0.15, 0.2) is 60.9 Å². The predicted molar refractivity (Wildman–Crippen MR) is 120 cm³/mol. The molecular weight excluding hydrogens is 358 g/mol. The fourth-order valence-corrected chi connectivity index (χ4v) is 3.85. The highest BCUT2D eigenvalue weighted by atomic mass is 15.2. The highest BCUT2D eigenvalue weighted by molar-refractivity contribution is 5.48. The second-order valence-electron chi connectivity index (χ2n) is 8.00. The summed E-state index contributed by atoms with van der Waals surface area (Å²) in [6, 6.07) is 18.0. The van der Waals surface area contributed by atoms with Crippen LogP contribution < -0.4 is 10.2 Å². The Hall–Kier alpha value is -2.63. The van der Waals surface area contributed by atoms with E-state index in [9.17, 15) is 0 Å². The molecule has 0 spiro atoms. The fraction of sp³-hybridized carbons (Fsp3) is 0.375. The molecule has 0 saturated carbocycles. The first-order valence-electron chi connectivity index (χ1n) is 10.5. The zero-order chi connectivity index (χ0) is 20.2. The second kappa shape index (κ2) is 8.80. The Bertz CT molecular complexity index is 905. The minimum Gasteiger partial charge on any atom is -0.369 e. The van der Waals surface area contributed by atoms with E-state index >= 15 is 0 Å². The molecule has 0 aliphatic carbocycles. The van der Waals surface area contributed by atoms with Gasteiger partial charge in [-0.1, -0.05) is 24.3 Å². The van der Waals surface area contributed by atoms with Crippen molar-refractivity contribution in [3.8, 4) is 5.69 Å². The molecule has 1 aliphatic heterocycles. The lowest BCUT2D eigenvalue weighted by molar-refractivity contribution is 0.313. The maximum atomic E-state index is 4.30. The summed E-state index contributed by atoms with van der Waals surface area (Å²) in [4.78, 5) is 9.16. The zero-order valence-electron chi connectivity index (χ0n) is 17.7. The largest absolute Gasteiger partial charge is 0.369 e. The summed E-state index contributed by atoms with van der Waals surface area (Å²) in [5, 5.41) is 3.65. The average Bonchev–Trinajstić information content (AvgIpc) is 3.19. The van der Waals surface area contributed by atoms with Crippen molar-refractivity contribution in [3.63, 3.8) is 0 Å². The topological polar surface area (TPSA) is 36.3 Å². The predicted octanol–water partition coefficient (Wildman–Crippen LogP) is 3.78. The first kappa shape index (κ1) is 19.7. The number of likely N-dealkylation sites (N-methyl/N-ethyl adjacent to an activating group) is 1. The van der Waals surface area contributed by atoms with E-state index in [1.807, 2.05) is 19.3 Å². The molecule has 1 aliphatic rings. The molecule has 0 radical (unpaired) electrons. The third-order valence-corrected chi connectivity index (χ3v) is 5.91. The number of piperazine rings is 1. The number of nitrogens with zero attached hydrogens (tertiary/aromatic N) is 4. The number of hydrogen-bond donors (Lipinski definition) is 1. The summed E-state index contributed by atoms with van der Waals surface area (Å²) >= 11 is 0. The molecule has 0 unspecified atom stereocenters. The summed E-state index contributed by atoms with van der Waals surface area (Å²) in [7, 11) is 2.19. The quantitative estimate of drug-likeness (QED) is 0.696. The minimum absolute atomic E-state index is 0.297. The summed E-state index contributed by atoms with van der Waals surface area (Å²) < 4.78 is 2.10. The lowest BCUT2D eigenvalue weighted by Gasteiger charge is -2.34. The standard InChI is InChI=1S/C24H31N5/c1-19(22-6-10-24(11-7-22)29-13-12-25-20(29)2)26-18-21-4-8-23(9-5-21)28-16-14-27(3)15-17-28/h4-13,19,26H,14-18H2,1-3H3/t19-/m1/s1. The Kier molecular flexibility index (Phi) is 5.97. The van der Waals surface area contributed by atoms with E-state index in [1.54, 1.807) is 0 Å². The van der Waals surface area contributed by atoms with Crippen LogP contribution in [0.5, 0.6) is 0 Å². The highest BCUT2D eigenvalue weighted by Gasteiger charge is 2.14. The van der Waals surface area contributed by atoms with Crippen LogP contribution in [0.3, 0.4) is 0 Å². The molecule has 0 bridgehead atoms. The van der Waals surface area contributed by atoms with Gasteiger partial charge in [0.2, 0.25) is 0 Å². The average molecular weight is 390 g/mol. The molecule has 2 heterocycles. The summed E-state index contributed by atoms with van der Waals surface area (Å²) in [6.07, 6.45) is 3.83. The minimum atomic E-state index is 0.297. The Morgan fingerprint density at radius 2 is 1.59 bits per heavy atom. The van der Waals surface area contributed by atoms with E-state index in [0.717, 1.165) is 44.2 Å². The van der Waals surface area contributed by atoms with Crippen molar-refractivity contribution in [1.29, 1.82) is 0 Å². The molecule has 5 nitrogen and oxygen atoms in total. The van der Waals surface area contributed by atoms with Crippen molar-refractivity contribution < 1.29 is 0 Å². The van der Waals surface area contributed by atoms with E-state index in [1.165, 1.54) is 16.8 Å². The van der Waals surface area contributed by atoms with Gasteiger partial charge in [-0.05, 0) is 56.3 Å². The Morgan fingerprint density at radius 3 is 2.21 bits per heavy atom. The maximum Gasteiger partial charge on any atom is 0.110 e. The first-order chi connectivity index (χ1) is 14.1. The number of hydrogen-bond acceptors (Lipinski definition) is 4. The van der Waals surface area contributed by atoms with Crippen molar-refractivity contribution in [2.75, 3.05) is 38.1 Å². The van der Waals surface area contributed by atoms with Gasteiger partial charge >= 0.3 is 0 Å². The van der Waals surface area contributed by atoms with E-state index in [4.69, 9.17) is 0 Å². The number of imidazole rings is 1. The molecule has 0 amide bonds. The smallest absolute Gasteiger partial charge is 0.110 e. The maximum absolute atomic E-state index is 4.30. The number of aromatic nitrogens is 2. The number of benzene rings is 2. The molecule has 1 N–H and O–H groups in total. The molecule has 152 valence electrons. The van der Waals surface area contributed by atoms with Crippen LogP contribution in [0.2, 0.25) is 0 Å². The molecule has 1 atom stereocenters. The molecule has 2 aromatic carbocycles. The SMILES string of the molecule is Cc1nccn1-c1ccc([C@@H](C)NCc2ccc(N3CCN(C)CC3)cc2)cc1. The third-order valence-electron chi connectivity index (χ3n) is 5.91. The van der Waals surface area contributed by atoms with Crippen molar-refractivity contribution in [2.45, 2.75) is 26.4 Å². The van der Waals surface area contributed by atoms with E-state index in [2.05, 4.69) is 87.2 Å². The second-order valence-corrected chi connectivity index (χ2v) is 8.00. The van der Waals surface area contributed by atoms with Gasteiger partial charge in [0.25, 0.3) is 0 Å². The van der Waals surface area contributed by atoms with E-state index < -0.39 is 0 Å². The molecule has 4 rings (SSSR count). The van der Waals surface area contributed by atoms with Gasteiger partial charge in [-0.2, -0.15) is 0 Å². The van der Waals surface area contributed by atoms with Gasteiger partial charge in [-0.15, -0.1) is 0 Å². The molecule has 5 heteroatoms. The molecule has 3 aromatic rings. The van der Waals surface area contributed by atoms with Crippen LogP contribution >= 0.6 is 0 Å². The van der Waals surface area contributed by atoms with Crippen molar-refractivity contribution in [1.82, 2.24) is 19.8 Å². The van der Waals surface area contributed by atoms with Crippen LogP contribution in [0.4, 0.5) is 5.69 Å². The van der Waals surface area contributed by atoms with Gasteiger partial charge < -0.3 is 19.7 Å². The van der Waals surface area contributed by atoms with Crippen LogP contribution in [0.1, 0.15) is 29.9 Å². The lowest BCUT2D eigenvalue weighted by atomic mass is 10.1. The highest BCUT2D eigenvalue weighted by Crippen LogP contribution is 2.19. The molecule has 29 heavy (non-hydrogen) atoms. The first-order valence-corrected chi connectivity index (χ1v) is 10.5. The van der Waals surface area contributed by atoms with Gasteiger partial charge in [0.05, 0.1) is 0 Å². The Labute approximate surface area is 174 Å². The fourth-order valence-electron chi connectivity index (χ4n) is 3.85. The summed E-state index contributed by atoms with van der Waals surface area (Å²) in [5.74, 6) is 1.00. The number of aryl methyl sites for hydroxylation is 1. The van der Waals surface area contributed by atoms with Crippen molar-refractivity contribution in [3.05, 3.63) is 77.9 Å². The van der Waals surface area contributed by atoms with Crippen LogP contribution in [0, 0.1) is 6.92 Å². The van der Waals surface area contributed by atoms with Gasteiger partial charge in [0, 0.05) is 62.5 Å². The molecular formula is C24H31N5. The number of rotatable bonds is 6. The van der Waals surface area contributed by atoms with Gasteiger partial charge in [-0.3, -0.25) is 0 Å².